The number of hydrogen-bond donors (Lipinski definition) is 1. The molecule has 1 unspecified atom stereocenters. The minimum Gasteiger partial charge on any atom is -0.369 e. The van der Waals surface area contributed by atoms with Gasteiger partial charge in [-0.2, -0.15) is 0 Å². The van der Waals surface area contributed by atoms with E-state index in [-0.39, 0.29) is 11.3 Å². The lowest BCUT2D eigenvalue weighted by Gasteiger charge is -2.40. The van der Waals surface area contributed by atoms with E-state index in [9.17, 15) is 4.79 Å². The number of nitrogens with zero attached hydrogens (tertiary/aromatic N) is 2. The number of carbonyl (C=O) groups is 1. The van der Waals surface area contributed by atoms with Gasteiger partial charge in [-0.15, -0.1) is 0 Å². The van der Waals surface area contributed by atoms with Crippen molar-refractivity contribution in [3.63, 3.8) is 0 Å². The van der Waals surface area contributed by atoms with Crippen molar-refractivity contribution >= 4 is 5.91 Å². The Morgan fingerprint density at radius 2 is 2.26 bits per heavy atom. The van der Waals surface area contributed by atoms with Crippen LogP contribution in [0, 0.1) is 19.3 Å². The van der Waals surface area contributed by atoms with E-state index < -0.39 is 0 Å². The van der Waals surface area contributed by atoms with E-state index in [0.717, 1.165) is 55.9 Å². The molecule has 1 aliphatic heterocycles. The fourth-order valence-electron chi connectivity index (χ4n) is 2.98. The summed E-state index contributed by atoms with van der Waals surface area (Å²) in [4.78, 5) is 14.0. The van der Waals surface area contributed by atoms with E-state index in [4.69, 9.17) is 10.3 Å². The first kappa shape index (κ1) is 14.1. The van der Waals surface area contributed by atoms with Crippen LogP contribution < -0.4 is 5.73 Å². The van der Waals surface area contributed by atoms with Crippen molar-refractivity contribution in [3.8, 4) is 0 Å². The second-order valence-electron chi connectivity index (χ2n) is 5.62. The lowest BCUT2D eigenvalue weighted by atomic mass is 9.77. The Kier molecular flexibility index (Phi) is 3.94. The number of rotatable bonds is 4. The normalized spacial score (nSPS) is 24.6. The number of hydrogen-bond acceptors (Lipinski definition) is 4. The van der Waals surface area contributed by atoms with Crippen LogP contribution in [0.25, 0.3) is 0 Å². The fourth-order valence-corrected chi connectivity index (χ4v) is 2.98. The molecular weight excluding hydrogens is 242 g/mol. The van der Waals surface area contributed by atoms with Gasteiger partial charge in [0.05, 0.1) is 11.1 Å². The molecule has 1 aliphatic rings. The summed E-state index contributed by atoms with van der Waals surface area (Å²) in [6, 6.07) is 0. The molecule has 1 amide bonds. The molecule has 1 fully saturated rings. The summed E-state index contributed by atoms with van der Waals surface area (Å²) in [6.45, 7) is 8.46. The Labute approximate surface area is 114 Å². The van der Waals surface area contributed by atoms with Gasteiger partial charge in [-0.05, 0) is 39.7 Å². The van der Waals surface area contributed by atoms with E-state index in [0.29, 0.717) is 0 Å². The Hall–Kier alpha value is -1.36. The zero-order valence-corrected chi connectivity index (χ0v) is 12.0. The molecule has 2 N–H and O–H groups in total. The molecule has 0 radical (unpaired) electrons. The Morgan fingerprint density at radius 3 is 2.79 bits per heavy atom. The van der Waals surface area contributed by atoms with Crippen molar-refractivity contribution in [1.29, 1.82) is 0 Å². The van der Waals surface area contributed by atoms with Crippen molar-refractivity contribution in [2.24, 2.45) is 11.1 Å². The van der Waals surface area contributed by atoms with Gasteiger partial charge in [0.2, 0.25) is 5.91 Å². The minimum absolute atomic E-state index is 0.168. The molecule has 2 rings (SSSR count). The average molecular weight is 265 g/mol. The maximum Gasteiger partial charge on any atom is 0.224 e. The number of piperidine rings is 1. The molecule has 0 aliphatic carbocycles. The zero-order valence-electron chi connectivity index (χ0n) is 12.0. The third kappa shape index (κ3) is 2.66. The highest BCUT2D eigenvalue weighted by Crippen LogP contribution is 2.34. The standard InChI is InChI=1S/C14H23N3O2/c1-4-14(13(15)18)6-5-7-17(9-14)8-12-10(2)16-19-11(12)3/h4-9H2,1-3H3,(H2,15,18). The van der Waals surface area contributed by atoms with E-state index in [1.165, 1.54) is 0 Å². The van der Waals surface area contributed by atoms with Crippen LogP contribution >= 0.6 is 0 Å². The first-order valence-corrected chi connectivity index (χ1v) is 6.92. The van der Waals surface area contributed by atoms with Gasteiger partial charge in [0, 0.05) is 18.7 Å². The van der Waals surface area contributed by atoms with Crippen molar-refractivity contribution in [2.75, 3.05) is 13.1 Å². The largest absolute Gasteiger partial charge is 0.369 e. The summed E-state index contributed by atoms with van der Waals surface area (Å²) in [5.41, 5.74) is 7.32. The van der Waals surface area contributed by atoms with Crippen LogP contribution in [0.3, 0.4) is 0 Å². The molecule has 106 valence electrons. The number of nitrogens with two attached hydrogens (primary N) is 1. The molecule has 1 aromatic rings. The van der Waals surface area contributed by atoms with Gasteiger partial charge < -0.3 is 10.3 Å². The first-order valence-electron chi connectivity index (χ1n) is 6.92. The summed E-state index contributed by atoms with van der Waals surface area (Å²) >= 11 is 0. The van der Waals surface area contributed by atoms with Crippen LogP contribution in [0.4, 0.5) is 0 Å². The van der Waals surface area contributed by atoms with Gasteiger partial charge in [-0.25, -0.2) is 0 Å². The summed E-state index contributed by atoms with van der Waals surface area (Å²) < 4.78 is 5.19. The second-order valence-corrected chi connectivity index (χ2v) is 5.62. The Bertz CT molecular complexity index is 450. The zero-order chi connectivity index (χ0) is 14.0. The third-order valence-corrected chi connectivity index (χ3v) is 4.42. The maximum absolute atomic E-state index is 11.8. The molecule has 0 saturated carbocycles. The van der Waals surface area contributed by atoms with Gasteiger partial charge in [0.25, 0.3) is 0 Å². The number of likely N-dealkylation sites (tertiary alicyclic amines) is 1. The molecular formula is C14H23N3O2. The summed E-state index contributed by atoms with van der Waals surface area (Å²) in [5, 5.41) is 3.98. The first-order chi connectivity index (χ1) is 8.98. The quantitative estimate of drug-likeness (QED) is 0.900. The minimum atomic E-state index is -0.364. The van der Waals surface area contributed by atoms with Gasteiger partial charge in [-0.3, -0.25) is 9.69 Å². The molecule has 1 atom stereocenters. The lowest BCUT2D eigenvalue weighted by molar-refractivity contribution is -0.131. The highest BCUT2D eigenvalue weighted by molar-refractivity contribution is 5.81. The number of primary amides is 1. The Balaban J connectivity index is 2.12. The third-order valence-electron chi connectivity index (χ3n) is 4.42. The molecule has 0 aromatic carbocycles. The monoisotopic (exact) mass is 265 g/mol. The van der Waals surface area contributed by atoms with Crippen molar-refractivity contribution in [2.45, 2.75) is 46.6 Å². The van der Waals surface area contributed by atoms with Crippen LogP contribution in [-0.2, 0) is 11.3 Å². The lowest BCUT2D eigenvalue weighted by Crippen LogP contribution is -2.49. The molecule has 5 heteroatoms. The van der Waals surface area contributed by atoms with Crippen molar-refractivity contribution in [3.05, 3.63) is 17.0 Å². The molecule has 1 aromatic heterocycles. The van der Waals surface area contributed by atoms with Crippen LogP contribution in [0.5, 0.6) is 0 Å². The molecule has 19 heavy (non-hydrogen) atoms. The van der Waals surface area contributed by atoms with Gasteiger partial charge in [0.15, 0.2) is 0 Å². The molecule has 5 nitrogen and oxygen atoms in total. The maximum atomic E-state index is 11.8. The van der Waals surface area contributed by atoms with Gasteiger partial charge in [-0.1, -0.05) is 12.1 Å². The predicted octanol–water partition coefficient (Wildman–Crippen LogP) is 1.77. The smallest absolute Gasteiger partial charge is 0.224 e. The molecule has 0 spiro atoms. The van der Waals surface area contributed by atoms with E-state index in [2.05, 4.69) is 10.1 Å². The topological polar surface area (TPSA) is 72.4 Å². The molecule has 1 saturated heterocycles. The van der Waals surface area contributed by atoms with E-state index in [1.807, 2.05) is 20.8 Å². The van der Waals surface area contributed by atoms with Gasteiger partial charge in [0.1, 0.15) is 5.76 Å². The summed E-state index contributed by atoms with van der Waals surface area (Å²) in [6.07, 6.45) is 2.72. The van der Waals surface area contributed by atoms with Crippen LogP contribution in [0.2, 0.25) is 0 Å². The Morgan fingerprint density at radius 1 is 1.53 bits per heavy atom. The van der Waals surface area contributed by atoms with Crippen LogP contribution in [0.1, 0.15) is 43.2 Å². The highest BCUT2D eigenvalue weighted by atomic mass is 16.5. The SMILES string of the molecule is CCC1(C(N)=O)CCCN(Cc2c(C)noc2C)C1. The second kappa shape index (κ2) is 5.33. The number of carbonyl (C=O) groups excluding carboxylic acids is 1. The molecule has 0 bridgehead atoms. The summed E-state index contributed by atoms with van der Waals surface area (Å²) in [5.74, 6) is 0.697. The van der Waals surface area contributed by atoms with Crippen LogP contribution in [-0.4, -0.2) is 29.1 Å². The highest BCUT2D eigenvalue weighted by Gasteiger charge is 2.39. The predicted molar refractivity (Wildman–Crippen MR) is 72.4 cm³/mol. The number of aromatic nitrogens is 1. The average Bonchev–Trinajstić information content (AvgIpc) is 2.70. The van der Waals surface area contributed by atoms with Crippen molar-refractivity contribution < 1.29 is 9.32 Å². The number of aryl methyl sites for hydroxylation is 2. The molecule has 2 heterocycles. The van der Waals surface area contributed by atoms with Crippen molar-refractivity contribution in [1.82, 2.24) is 10.1 Å². The van der Waals surface area contributed by atoms with Gasteiger partial charge >= 0.3 is 0 Å². The van der Waals surface area contributed by atoms with Crippen LogP contribution in [0.15, 0.2) is 4.52 Å². The summed E-state index contributed by atoms with van der Waals surface area (Å²) in [7, 11) is 0. The van der Waals surface area contributed by atoms with E-state index in [1.54, 1.807) is 0 Å². The fraction of sp³-hybridized carbons (Fsp3) is 0.714. The van der Waals surface area contributed by atoms with E-state index >= 15 is 0 Å². The number of amides is 1.